The van der Waals surface area contributed by atoms with E-state index in [0.29, 0.717) is 11.4 Å². The van der Waals surface area contributed by atoms with Crippen molar-refractivity contribution in [3.8, 4) is 0 Å². The minimum Gasteiger partial charge on any atom is -0.397 e. The van der Waals surface area contributed by atoms with Crippen molar-refractivity contribution in [2.24, 2.45) is 0 Å². The second kappa shape index (κ2) is 4.65. The first-order valence-corrected chi connectivity index (χ1v) is 5.09. The molecule has 2 aromatic carbocycles. The molecule has 0 radical (unpaired) electrons. The molecular weight excluding hydrogens is 219 g/mol. The minimum absolute atomic E-state index is 0.00393. The molecule has 0 atom stereocenters. The highest BCUT2D eigenvalue weighted by atomic mass is 19.1. The van der Waals surface area contributed by atoms with Crippen molar-refractivity contribution in [3.05, 3.63) is 59.9 Å². The molecule has 17 heavy (non-hydrogen) atoms. The molecule has 0 aliphatic heterocycles. The van der Waals surface area contributed by atoms with Gasteiger partial charge in [-0.25, -0.2) is 4.39 Å². The summed E-state index contributed by atoms with van der Waals surface area (Å²) in [5.74, 6) is -1.07. The summed E-state index contributed by atoms with van der Waals surface area (Å²) in [5.41, 5.74) is 6.59. The Labute approximate surface area is 98.1 Å². The van der Waals surface area contributed by atoms with E-state index in [1.54, 1.807) is 30.3 Å². The number of carbonyl (C=O) groups excluding carboxylic acids is 1. The summed E-state index contributed by atoms with van der Waals surface area (Å²) in [6.45, 7) is 0. The predicted molar refractivity (Wildman–Crippen MR) is 65.2 cm³/mol. The van der Waals surface area contributed by atoms with Crippen LogP contribution < -0.4 is 11.1 Å². The number of nitrogens with one attached hydrogen (secondary N) is 1. The third-order valence-corrected chi connectivity index (χ3v) is 2.33. The lowest BCUT2D eigenvalue weighted by molar-refractivity contribution is 0.102. The number of amides is 1. The number of para-hydroxylation sites is 2. The van der Waals surface area contributed by atoms with Crippen LogP contribution in [0.15, 0.2) is 48.5 Å². The van der Waals surface area contributed by atoms with Gasteiger partial charge in [-0.1, -0.05) is 24.3 Å². The van der Waals surface area contributed by atoms with Crippen LogP contribution >= 0.6 is 0 Å². The summed E-state index contributed by atoms with van der Waals surface area (Å²) in [7, 11) is 0. The lowest BCUT2D eigenvalue weighted by atomic mass is 10.2. The number of carbonyl (C=O) groups is 1. The Morgan fingerprint density at radius 2 is 1.71 bits per heavy atom. The average molecular weight is 230 g/mol. The van der Waals surface area contributed by atoms with Crippen LogP contribution in [0.4, 0.5) is 15.8 Å². The zero-order chi connectivity index (χ0) is 12.3. The molecule has 0 unspecified atom stereocenters. The monoisotopic (exact) mass is 230 g/mol. The van der Waals surface area contributed by atoms with Gasteiger partial charge in [-0.05, 0) is 24.3 Å². The lowest BCUT2D eigenvalue weighted by Gasteiger charge is -2.08. The number of hydrogen-bond acceptors (Lipinski definition) is 2. The molecule has 4 heteroatoms. The van der Waals surface area contributed by atoms with Gasteiger partial charge in [0.25, 0.3) is 5.91 Å². The maximum Gasteiger partial charge on any atom is 0.258 e. The maximum atomic E-state index is 13.4. The lowest BCUT2D eigenvalue weighted by Crippen LogP contribution is -2.14. The fraction of sp³-hybridized carbons (Fsp3) is 0. The maximum absolute atomic E-state index is 13.4. The van der Waals surface area contributed by atoms with Crippen LogP contribution in [0.2, 0.25) is 0 Å². The van der Waals surface area contributed by atoms with Gasteiger partial charge in [-0.2, -0.15) is 0 Å². The Kier molecular flexibility index (Phi) is 3.05. The van der Waals surface area contributed by atoms with Gasteiger partial charge in [0, 0.05) is 0 Å². The highest BCUT2D eigenvalue weighted by Gasteiger charge is 2.11. The van der Waals surface area contributed by atoms with E-state index in [9.17, 15) is 9.18 Å². The van der Waals surface area contributed by atoms with Crippen molar-refractivity contribution in [3.63, 3.8) is 0 Å². The number of hydrogen-bond donors (Lipinski definition) is 2. The summed E-state index contributed by atoms with van der Waals surface area (Å²) in [4.78, 5) is 11.8. The Balaban J connectivity index is 2.24. The number of nitrogens with two attached hydrogens (primary N) is 1. The molecular formula is C13H11FN2O. The van der Waals surface area contributed by atoms with Gasteiger partial charge in [0.05, 0.1) is 16.9 Å². The summed E-state index contributed by atoms with van der Waals surface area (Å²) in [5, 5.41) is 2.56. The number of anilines is 2. The molecule has 2 aromatic rings. The Bertz CT molecular complexity index is 555. The van der Waals surface area contributed by atoms with Crippen LogP contribution in [0.1, 0.15) is 10.4 Å². The molecule has 0 fully saturated rings. The van der Waals surface area contributed by atoms with E-state index in [2.05, 4.69) is 5.32 Å². The third-order valence-electron chi connectivity index (χ3n) is 2.33. The Morgan fingerprint density at radius 1 is 1.06 bits per heavy atom. The van der Waals surface area contributed by atoms with Crippen LogP contribution in [-0.4, -0.2) is 5.91 Å². The van der Waals surface area contributed by atoms with E-state index >= 15 is 0 Å². The van der Waals surface area contributed by atoms with Gasteiger partial charge < -0.3 is 11.1 Å². The average Bonchev–Trinajstić information content (AvgIpc) is 2.32. The van der Waals surface area contributed by atoms with Gasteiger partial charge in [0.15, 0.2) is 0 Å². The number of benzene rings is 2. The van der Waals surface area contributed by atoms with E-state index in [1.165, 1.54) is 18.2 Å². The molecule has 0 aliphatic rings. The van der Waals surface area contributed by atoms with Crippen molar-refractivity contribution in [2.75, 3.05) is 11.1 Å². The molecule has 1 amide bonds. The SMILES string of the molecule is Nc1ccccc1NC(=O)c1ccccc1F. The molecule has 0 aromatic heterocycles. The number of rotatable bonds is 2. The van der Waals surface area contributed by atoms with Crippen molar-refractivity contribution in [1.82, 2.24) is 0 Å². The van der Waals surface area contributed by atoms with Crippen LogP contribution in [-0.2, 0) is 0 Å². The van der Waals surface area contributed by atoms with Gasteiger partial charge in [0.2, 0.25) is 0 Å². The van der Waals surface area contributed by atoms with Crippen molar-refractivity contribution >= 4 is 17.3 Å². The van der Waals surface area contributed by atoms with E-state index in [0.717, 1.165) is 0 Å². The van der Waals surface area contributed by atoms with E-state index in [4.69, 9.17) is 5.73 Å². The highest BCUT2D eigenvalue weighted by molar-refractivity contribution is 6.05. The summed E-state index contributed by atoms with van der Waals surface area (Å²) >= 11 is 0. The Hall–Kier alpha value is -2.36. The number of halogens is 1. The molecule has 0 aliphatic carbocycles. The quantitative estimate of drug-likeness (QED) is 0.779. The molecule has 0 spiro atoms. The second-order valence-electron chi connectivity index (χ2n) is 3.52. The van der Waals surface area contributed by atoms with Crippen molar-refractivity contribution in [1.29, 1.82) is 0 Å². The molecule has 3 nitrogen and oxygen atoms in total. The normalized spacial score (nSPS) is 9.94. The first kappa shape index (κ1) is 11.1. The zero-order valence-corrected chi connectivity index (χ0v) is 8.98. The van der Waals surface area contributed by atoms with Gasteiger partial charge in [-0.15, -0.1) is 0 Å². The first-order valence-electron chi connectivity index (χ1n) is 5.09. The number of nitrogen functional groups attached to an aromatic ring is 1. The predicted octanol–water partition coefficient (Wildman–Crippen LogP) is 2.66. The summed E-state index contributed by atoms with van der Waals surface area (Å²) in [6, 6.07) is 12.6. The molecule has 0 bridgehead atoms. The van der Waals surface area contributed by atoms with Crippen LogP contribution in [0.25, 0.3) is 0 Å². The minimum atomic E-state index is -0.556. The van der Waals surface area contributed by atoms with Crippen molar-refractivity contribution < 1.29 is 9.18 Å². The van der Waals surface area contributed by atoms with Crippen LogP contribution in [0.3, 0.4) is 0 Å². The molecule has 2 rings (SSSR count). The van der Waals surface area contributed by atoms with Gasteiger partial charge in [0.1, 0.15) is 5.82 Å². The zero-order valence-electron chi connectivity index (χ0n) is 8.98. The molecule has 0 saturated carbocycles. The fourth-order valence-corrected chi connectivity index (χ4v) is 1.45. The van der Waals surface area contributed by atoms with Crippen LogP contribution in [0.5, 0.6) is 0 Å². The summed E-state index contributed by atoms with van der Waals surface area (Å²) < 4.78 is 13.4. The largest absolute Gasteiger partial charge is 0.397 e. The Morgan fingerprint density at radius 3 is 2.41 bits per heavy atom. The molecule has 0 saturated heterocycles. The van der Waals surface area contributed by atoms with Crippen molar-refractivity contribution in [2.45, 2.75) is 0 Å². The first-order chi connectivity index (χ1) is 8.18. The smallest absolute Gasteiger partial charge is 0.258 e. The van der Waals surface area contributed by atoms with Crippen LogP contribution in [0, 0.1) is 5.82 Å². The standard InChI is InChI=1S/C13H11FN2O/c14-10-6-2-1-5-9(10)13(17)16-12-8-4-3-7-11(12)15/h1-8H,15H2,(H,16,17). The fourth-order valence-electron chi connectivity index (χ4n) is 1.45. The van der Waals surface area contributed by atoms with Gasteiger partial charge >= 0.3 is 0 Å². The molecule has 86 valence electrons. The summed E-state index contributed by atoms with van der Waals surface area (Å²) in [6.07, 6.45) is 0. The second-order valence-corrected chi connectivity index (χ2v) is 3.52. The van der Waals surface area contributed by atoms with Gasteiger partial charge in [-0.3, -0.25) is 4.79 Å². The molecule has 0 heterocycles. The topological polar surface area (TPSA) is 55.1 Å². The van der Waals surface area contributed by atoms with E-state index in [-0.39, 0.29) is 5.56 Å². The third kappa shape index (κ3) is 2.42. The van der Waals surface area contributed by atoms with E-state index < -0.39 is 11.7 Å². The molecule has 3 N–H and O–H groups in total. The van der Waals surface area contributed by atoms with E-state index in [1.807, 2.05) is 0 Å². The highest BCUT2D eigenvalue weighted by Crippen LogP contribution is 2.18.